The van der Waals surface area contributed by atoms with Gasteiger partial charge in [0.05, 0.1) is 3.79 Å². The lowest BCUT2D eigenvalue weighted by atomic mass is 10.1. The van der Waals surface area contributed by atoms with Gasteiger partial charge in [0.15, 0.2) is 0 Å². The fraction of sp³-hybridized carbons (Fsp3) is 0.286. The molecular formula is C14H15Br2NOS. The first kappa shape index (κ1) is 15.0. The van der Waals surface area contributed by atoms with Crippen LogP contribution >= 0.6 is 43.2 Å². The van der Waals surface area contributed by atoms with Crippen molar-refractivity contribution < 1.29 is 4.74 Å². The molecule has 0 aliphatic heterocycles. The number of rotatable bonds is 4. The summed E-state index contributed by atoms with van der Waals surface area (Å²) in [4.78, 5) is 1.13. The maximum Gasteiger partial charge on any atom is 0.148 e. The second kappa shape index (κ2) is 6.39. The number of ether oxygens (including phenoxy) is 1. The van der Waals surface area contributed by atoms with E-state index in [0.717, 1.165) is 24.4 Å². The zero-order valence-electron chi connectivity index (χ0n) is 10.7. The lowest BCUT2D eigenvalue weighted by molar-refractivity contribution is 0.183. The van der Waals surface area contributed by atoms with Gasteiger partial charge in [0, 0.05) is 15.4 Å². The molecule has 2 unspecified atom stereocenters. The summed E-state index contributed by atoms with van der Waals surface area (Å²) in [6, 6.07) is 10.0. The SMILES string of the molecule is Cc1ccc(Br)cc1OC(c1ccc(Br)s1)C(C)N. The first-order valence-electron chi connectivity index (χ1n) is 5.91. The lowest BCUT2D eigenvalue weighted by Gasteiger charge is -2.22. The van der Waals surface area contributed by atoms with Gasteiger partial charge < -0.3 is 10.5 Å². The Kier molecular flexibility index (Phi) is 5.06. The zero-order valence-corrected chi connectivity index (χ0v) is 14.7. The fourth-order valence-electron chi connectivity index (χ4n) is 1.74. The van der Waals surface area contributed by atoms with E-state index in [4.69, 9.17) is 10.5 Å². The molecule has 0 bridgehead atoms. The Morgan fingerprint density at radius 2 is 1.95 bits per heavy atom. The minimum Gasteiger partial charge on any atom is -0.483 e. The third-order valence-electron chi connectivity index (χ3n) is 2.76. The van der Waals surface area contributed by atoms with Crippen LogP contribution in [0.4, 0.5) is 0 Å². The number of thiophene rings is 1. The normalized spacial score (nSPS) is 14.2. The Hall–Kier alpha value is -0.360. The standard InChI is InChI=1S/C14H15Br2NOS/c1-8-3-4-10(15)7-11(8)18-14(9(2)17)12-5-6-13(16)19-12/h3-7,9,14H,17H2,1-2H3. The van der Waals surface area contributed by atoms with Crippen LogP contribution in [0.25, 0.3) is 0 Å². The summed E-state index contributed by atoms with van der Waals surface area (Å²) < 4.78 is 8.21. The van der Waals surface area contributed by atoms with Crippen LogP contribution in [0.1, 0.15) is 23.5 Å². The van der Waals surface area contributed by atoms with Crippen molar-refractivity contribution in [1.82, 2.24) is 0 Å². The van der Waals surface area contributed by atoms with E-state index in [0.29, 0.717) is 0 Å². The Morgan fingerprint density at radius 3 is 2.53 bits per heavy atom. The molecule has 2 atom stereocenters. The molecule has 1 aromatic carbocycles. The van der Waals surface area contributed by atoms with E-state index in [1.807, 2.05) is 38.1 Å². The van der Waals surface area contributed by atoms with Crippen molar-refractivity contribution in [2.24, 2.45) is 5.73 Å². The van der Waals surface area contributed by atoms with Gasteiger partial charge >= 0.3 is 0 Å². The molecule has 0 radical (unpaired) electrons. The van der Waals surface area contributed by atoms with Crippen molar-refractivity contribution in [2.45, 2.75) is 26.0 Å². The molecule has 1 aromatic heterocycles. The maximum absolute atomic E-state index is 6.12. The van der Waals surface area contributed by atoms with Gasteiger partial charge in [0.1, 0.15) is 11.9 Å². The van der Waals surface area contributed by atoms with Crippen molar-refractivity contribution in [3.63, 3.8) is 0 Å². The third kappa shape index (κ3) is 3.81. The first-order chi connectivity index (χ1) is 8.97. The van der Waals surface area contributed by atoms with E-state index >= 15 is 0 Å². The summed E-state index contributed by atoms with van der Waals surface area (Å²) in [5.74, 6) is 0.862. The molecule has 0 fully saturated rings. The minimum atomic E-state index is -0.135. The smallest absolute Gasteiger partial charge is 0.148 e. The van der Waals surface area contributed by atoms with Gasteiger partial charge in [0.2, 0.25) is 0 Å². The molecule has 2 nitrogen and oxygen atoms in total. The predicted molar refractivity (Wildman–Crippen MR) is 87.9 cm³/mol. The predicted octanol–water partition coefficient (Wildman–Crippen LogP) is 5.05. The van der Waals surface area contributed by atoms with Gasteiger partial charge in [-0.1, -0.05) is 22.0 Å². The van der Waals surface area contributed by atoms with Crippen molar-refractivity contribution in [3.05, 3.63) is 49.0 Å². The molecule has 1 heterocycles. The highest BCUT2D eigenvalue weighted by Gasteiger charge is 2.21. The van der Waals surface area contributed by atoms with Crippen molar-refractivity contribution in [2.75, 3.05) is 0 Å². The average Bonchev–Trinajstić information content (AvgIpc) is 2.76. The first-order valence-corrected chi connectivity index (χ1v) is 8.31. The third-order valence-corrected chi connectivity index (χ3v) is 4.93. The van der Waals surface area contributed by atoms with E-state index in [1.54, 1.807) is 11.3 Å². The summed E-state index contributed by atoms with van der Waals surface area (Å²) in [5, 5.41) is 0. The number of aryl methyl sites for hydroxylation is 1. The maximum atomic E-state index is 6.12. The molecule has 0 aliphatic rings. The van der Waals surface area contributed by atoms with Gasteiger partial charge in [-0.25, -0.2) is 0 Å². The molecule has 0 amide bonds. The van der Waals surface area contributed by atoms with Crippen LogP contribution < -0.4 is 10.5 Å². The van der Waals surface area contributed by atoms with E-state index in [1.165, 1.54) is 0 Å². The summed E-state index contributed by atoms with van der Waals surface area (Å²) in [5.41, 5.74) is 7.17. The minimum absolute atomic E-state index is 0.0797. The van der Waals surface area contributed by atoms with Crippen LogP contribution in [-0.4, -0.2) is 6.04 Å². The highest BCUT2D eigenvalue weighted by atomic mass is 79.9. The molecule has 0 aliphatic carbocycles. The summed E-state index contributed by atoms with van der Waals surface area (Å²) in [7, 11) is 0. The Morgan fingerprint density at radius 1 is 1.21 bits per heavy atom. The molecule has 19 heavy (non-hydrogen) atoms. The van der Waals surface area contributed by atoms with Crippen LogP contribution in [0.3, 0.4) is 0 Å². The lowest BCUT2D eigenvalue weighted by Crippen LogP contribution is -2.28. The summed E-state index contributed by atoms with van der Waals surface area (Å²) in [6.45, 7) is 4.00. The number of halogens is 2. The van der Waals surface area contributed by atoms with Crippen molar-refractivity contribution >= 4 is 43.2 Å². The molecule has 0 saturated heterocycles. The van der Waals surface area contributed by atoms with Crippen molar-refractivity contribution in [3.8, 4) is 5.75 Å². The molecule has 2 aromatic rings. The molecule has 0 saturated carbocycles. The van der Waals surface area contributed by atoms with E-state index in [-0.39, 0.29) is 12.1 Å². The highest BCUT2D eigenvalue weighted by molar-refractivity contribution is 9.11. The summed E-state index contributed by atoms with van der Waals surface area (Å²) >= 11 is 8.60. The van der Waals surface area contributed by atoms with Gasteiger partial charge in [-0.15, -0.1) is 11.3 Å². The largest absolute Gasteiger partial charge is 0.483 e. The molecule has 2 rings (SSSR count). The van der Waals surface area contributed by atoms with Crippen LogP contribution in [0.5, 0.6) is 5.75 Å². The van der Waals surface area contributed by atoms with E-state index in [2.05, 4.69) is 37.9 Å². The van der Waals surface area contributed by atoms with Crippen LogP contribution in [0.2, 0.25) is 0 Å². The average molecular weight is 405 g/mol. The second-order valence-corrected chi connectivity index (χ2v) is 7.86. The number of hydrogen-bond acceptors (Lipinski definition) is 3. The van der Waals surface area contributed by atoms with Crippen LogP contribution in [0.15, 0.2) is 38.6 Å². The van der Waals surface area contributed by atoms with Crippen molar-refractivity contribution in [1.29, 1.82) is 0 Å². The van der Waals surface area contributed by atoms with Gasteiger partial charge in [-0.3, -0.25) is 0 Å². The van der Waals surface area contributed by atoms with Gasteiger partial charge in [-0.05, 0) is 59.6 Å². The van der Waals surface area contributed by atoms with Gasteiger partial charge in [-0.2, -0.15) is 0 Å². The quantitative estimate of drug-likeness (QED) is 0.773. The summed E-state index contributed by atoms with van der Waals surface area (Å²) in [6.07, 6.45) is -0.135. The van der Waals surface area contributed by atoms with Gasteiger partial charge in [0.25, 0.3) is 0 Å². The monoisotopic (exact) mass is 403 g/mol. The highest BCUT2D eigenvalue weighted by Crippen LogP contribution is 2.34. The molecule has 2 N–H and O–H groups in total. The van der Waals surface area contributed by atoms with E-state index in [9.17, 15) is 0 Å². The van der Waals surface area contributed by atoms with Crippen LogP contribution in [-0.2, 0) is 0 Å². The molecular weight excluding hydrogens is 390 g/mol. The molecule has 5 heteroatoms. The number of nitrogens with two attached hydrogens (primary N) is 1. The number of hydrogen-bond donors (Lipinski definition) is 1. The Bertz CT molecular complexity index is 568. The van der Waals surface area contributed by atoms with E-state index < -0.39 is 0 Å². The zero-order chi connectivity index (χ0) is 14.0. The topological polar surface area (TPSA) is 35.2 Å². The second-order valence-electron chi connectivity index (χ2n) is 4.45. The molecule has 102 valence electrons. The Balaban J connectivity index is 2.29. The molecule has 0 spiro atoms. The number of benzene rings is 1. The Labute approximate surface area is 134 Å². The van der Waals surface area contributed by atoms with Crippen LogP contribution in [0, 0.1) is 6.92 Å². The fourth-order valence-corrected chi connectivity index (χ4v) is 3.65.